The van der Waals surface area contributed by atoms with E-state index in [1.807, 2.05) is 22.6 Å². The predicted octanol–water partition coefficient (Wildman–Crippen LogP) is 0.891. The Kier molecular flexibility index (Phi) is 2.69. The molecule has 0 bridgehead atoms. The van der Waals surface area contributed by atoms with Crippen molar-refractivity contribution in [2.75, 3.05) is 0 Å². The van der Waals surface area contributed by atoms with Gasteiger partial charge < -0.3 is 15.2 Å². The van der Waals surface area contributed by atoms with Gasteiger partial charge >= 0.3 is 7.12 Å². The van der Waals surface area contributed by atoms with Crippen LogP contribution in [-0.4, -0.2) is 22.3 Å². The Hall–Kier alpha value is -0.305. The molecule has 2 rings (SSSR count). The van der Waals surface area contributed by atoms with E-state index in [9.17, 15) is 5.11 Å². The Morgan fingerprint density at radius 1 is 1.29 bits per heavy atom. The Morgan fingerprint density at radius 3 is 2.64 bits per heavy atom. The van der Waals surface area contributed by atoms with E-state index >= 15 is 0 Å². The van der Waals surface area contributed by atoms with Gasteiger partial charge in [-0.3, -0.25) is 0 Å². The molecule has 3 N–H and O–H groups in total. The number of thiophene rings is 1. The van der Waals surface area contributed by atoms with E-state index in [0.717, 1.165) is 13.7 Å². The standard InChI is InChI=1S/C8H6BIO3S/c10-7-5(9(12)13)2-1-4-6(11)3-14-8(4)7/h1-3,11-13H. The van der Waals surface area contributed by atoms with Crippen LogP contribution in [0.1, 0.15) is 0 Å². The minimum Gasteiger partial charge on any atom is -0.506 e. The SMILES string of the molecule is OB(O)c1ccc2c(O)csc2c1I. The molecule has 0 amide bonds. The first-order valence-corrected chi connectivity index (χ1v) is 5.82. The van der Waals surface area contributed by atoms with E-state index in [1.54, 1.807) is 17.5 Å². The minimum absolute atomic E-state index is 0.238. The lowest BCUT2D eigenvalue weighted by atomic mass is 9.80. The van der Waals surface area contributed by atoms with E-state index in [-0.39, 0.29) is 5.75 Å². The fourth-order valence-corrected chi connectivity index (χ4v) is 3.27. The zero-order valence-corrected chi connectivity index (χ0v) is 9.91. The van der Waals surface area contributed by atoms with Crippen molar-refractivity contribution in [2.24, 2.45) is 0 Å². The third-order valence-electron chi connectivity index (χ3n) is 1.97. The summed E-state index contributed by atoms with van der Waals surface area (Å²) in [6, 6.07) is 3.30. The molecule has 1 aromatic carbocycles. The molecular formula is C8H6BIO3S. The lowest BCUT2D eigenvalue weighted by Gasteiger charge is -2.03. The highest BCUT2D eigenvalue weighted by atomic mass is 127. The predicted molar refractivity (Wildman–Crippen MR) is 66.0 cm³/mol. The molecule has 1 heterocycles. The van der Waals surface area contributed by atoms with Gasteiger partial charge in [0.05, 0.1) is 4.70 Å². The van der Waals surface area contributed by atoms with Crippen molar-refractivity contribution in [3.05, 3.63) is 21.1 Å². The van der Waals surface area contributed by atoms with Crippen LogP contribution in [0.2, 0.25) is 0 Å². The maximum absolute atomic E-state index is 9.45. The van der Waals surface area contributed by atoms with Crippen LogP contribution in [0.4, 0.5) is 0 Å². The smallest absolute Gasteiger partial charge is 0.489 e. The average Bonchev–Trinajstić information content (AvgIpc) is 2.49. The van der Waals surface area contributed by atoms with E-state index in [0.29, 0.717) is 5.46 Å². The number of benzene rings is 1. The van der Waals surface area contributed by atoms with E-state index in [4.69, 9.17) is 10.0 Å². The average molecular weight is 320 g/mol. The van der Waals surface area contributed by atoms with Crippen LogP contribution in [0, 0.1) is 3.57 Å². The van der Waals surface area contributed by atoms with Crippen LogP contribution in [0.25, 0.3) is 10.1 Å². The number of hydrogen-bond acceptors (Lipinski definition) is 4. The van der Waals surface area contributed by atoms with Crippen LogP contribution >= 0.6 is 33.9 Å². The number of halogens is 1. The second-order valence-electron chi connectivity index (χ2n) is 2.84. The summed E-state index contributed by atoms with van der Waals surface area (Å²) in [6.07, 6.45) is 0. The van der Waals surface area contributed by atoms with Crippen LogP contribution in [0.15, 0.2) is 17.5 Å². The molecule has 0 saturated carbocycles. The molecule has 0 radical (unpaired) electrons. The number of fused-ring (bicyclic) bond motifs is 1. The van der Waals surface area contributed by atoms with E-state index in [1.165, 1.54) is 11.3 Å². The normalized spacial score (nSPS) is 10.8. The first-order chi connectivity index (χ1) is 6.61. The Labute approximate surface area is 98.3 Å². The fraction of sp³-hybridized carbons (Fsp3) is 0. The van der Waals surface area contributed by atoms with Gasteiger partial charge in [-0.05, 0) is 28.1 Å². The molecule has 6 heteroatoms. The van der Waals surface area contributed by atoms with Crippen molar-refractivity contribution < 1.29 is 15.2 Å². The third kappa shape index (κ3) is 1.52. The Bertz CT molecular complexity index is 483. The molecule has 0 aliphatic carbocycles. The fourth-order valence-electron chi connectivity index (χ4n) is 1.27. The molecule has 0 fully saturated rings. The summed E-state index contributed by atoms with van der Waals surface area (Å²) in [5, 5.41) is 30.0. The summed E-state index contributed by atoms with van der Waals surface area (Å²) in [6.45, 7) is 0. The summed E-state index contributed by atoms with van der Waals surface area (Å²) in [5.74, 6) is 0.238. The van der Waals surface area contributed by atoms with Gasteiger partial charge in [0.1, 0.15) is 5.75 Å². The van der Waals surface area contributed by atoms with Crippen LogP contribution in [0.5, 0.6) is 5.75 Å². The highest BCUT2D eigenvalue weighted by molar-refractivity contribution is 14.1. The summed E-state index contributed by atoms with van der Waals surface area (Å²) in [4.78, 5) is 0. The van der Waals surface area contributed by atoms with Crippen molar-refractivity contribution in [1.82, 2.24) is 0 Å². The summed E-state index contributed by atoms with van der Waals surface area (Å²) in [5.41, 5.74) is 0.472. The molecule has 0 spiro atoms. The van der Waals surface area contributed by atoms with Gasteiger partial charge in [0.15, 0.2) is 0 Å². The Balaban J connectivity index is 2.76. The molecule has 3 nitrogen and oxygen atoms in total. The topological polar surface area (TPSA) is 60.7 Å². The molecule has 2 aromatic rings. The first kappa shape index (κ1) is 10.2. The molecule has 0 atom stereocenters. The lowest BCUT2D eigenvalue weighted by molar-refractivity contribution is 0.425. The van der Waals surface area contributed by atoms with Crippen molar-refractivity contribution >= 4 is 56.6 Å². The zero-order chi connectivity index (χ0) is 10.3. The number of hydrogen-bond donors (Lipinski definition) is 3. The van der Waals surface area contributed by atoms with Crippen molar-refractivity contribution in [1.29, 1.82) is 0 Å². The largest absolute Gasteiger partial charge is 0.506 e. The second kappa shape index (κ2) is 3.69. The van der Waals surface area contributed by atoms with Crippen LogP contribution in [-0.2, 0) is 0 Å². The van der Waals surface area contributed by atoms with Gasteiger partial charge in [0.2, 0.25) is 0 Å². The van der Waals surface area contributed by atoms with Crippen molar-refractivity contribution in [3.63, 3.8) is 0 Å². The highest BCUT2D eigenvalue weighted by Gasteiger charge is 2.18. The summed E-state index contributed by atoms with van der Waals surface area (Å²) < 4.78 is 1.66. The van der Waals surface area contributed by atoms with Gasteiger partial charge in [0, 0.05) is 14.3 Å². The molecule has 14 heavy (non-hydrogen) atoms. The molecular weight excluding hydrogens is 314 g/mol. The van der Waals surface area contributed by atoms with Gasteiger partial charge in [-0.15, -0.1) is 11.3 Å². The molecule has 0 aliphatic heterocycles. The van der Waals surface area contributed by atoms with E-state index < -0.39 is 7.12 Å². The second-order valence-corrected chi connectivity index (χ2v) is 4.80. The monoisotopic (exact) mass is 320 g/mol. The van der Waals surface area contributed by atoms with Gasteiger partial charge in [-0.25, -0.2) is 0 Å². The molecule has 1 aromatic heterocycles. The molecule has 72 valence electrons. The summed E-state index contributed by atoms with van der Waals surface area (Å²) >= 11 is 3.44. The highest BCUT2D eigenvalue weighted by Crippen LogP contribution is 2.33. The van der Waals surface area contributed by atoms with Crippen molar-refractivity contribution in [2.45, 2.75) is 0 Å². The van der Waals surface area contributed by atoms with Gasteiger partial charge in [-0.2, -0.15) is 0 Å². The quantitative estimate of drug-likeness (QED) is 0.540. The molecule has 0 unspecified atom stereocenters. The number of aromatic hydroxyl groups is 1. The Morgan fingerprint density at radius 2 is 2.00 bits per heavy atom. The zero-order valence-electron chi connectivity index (χ0n) is 6.94. The maximum Gasteiger partial charge on any atom is 0.489 e. The van der Waals surface area contributed by atoms with Crippen molar-refractivity contribution in [3.8, 4) is 5.75 Å². The summed E-state index contributed by atoms with van der Waals surface area (Å²) in [7, 11) is -1.46. The first-order valence-electron chi connectivity index (χ1n) is 3.86. The van der Waals surface area contributed by atoms with Crippen LogP contribution in [0.3, 0.4) is 0 Å². The molecule has 0 saturated heterocycles. The maximum atomic E-state index is 9.45. The lowest BCUT2D eigenvalue weighted by Crippen LogP contribution is -2.32. The van der Waals surface area contributed by atoms with Gasteiger partial charge in [0.25, 0.3) is 0 Å². The van der Waals surface area contributed by atoms with E-state index in [2.05, 4.69) is 0 Å². The third-order valence-corrected chi connectivity index (χ3v) is 4.50. The van der Waals surface area contributed by atoms with Gasteiger partial charge in [-0.1, -0.05) is 12.1 Å². The minimum atomic E-state index is -1.46. The van der Waals surface area contributed by atoms with Crippen LogP contribution < -0.4 is 5.46 Å². The number of rotatable bonds is 1. The molecule has 0 aliphatic rings.